The molecule has 0 aliphatic heterocycles. The molecule has 0 radical (unpaired) electrons. The molecule has 0 fully saturated rings. The molecule has 1 unspecified atom stereocenters. The normalized spacial score (nSPS) is 14.1. The van der Waals surface area contributed by atoms with Crippen LogP contribution < -0.4 is 5.32 Å². The number of amides is 1. The Hall–Kier alpha value is -1.42. The fourth-order valence-corrected chi connectivity index (χ4v) is 1.65. The summed E-state index contributed by atoms with van der Waals surface area (Å²) in [7, 11) is 0. The number of aliphatic hydroxyl groups excluding tert-OH is 1. The van der Waals surface area contributed by atoms with Gasteiger partial charge in [0.2, 0.25) is 0 Å². The maximum Gasteiger partial charge on any atom is 0.251 e. The lowest BCUT2D eigenvalue weighted by Gasteiger charge is -2.29. The van der Waals surface area contributed by atoms with E-state index in [4.69, 9.17) is 5.11 Å². The minimum atomic E-state index is -0.465. The molecule has 0 saturated carbocycles. The zero-order valence-electron chi connectivity index (χ0n) is 11.1. The van der Waals surface area contributed by atoms with Crippen LogP contribution in [0.3, 0.4) is 0 Å². The standard InChI is InChI=1S/C14H20FNO2/c1-4-14(3,7-8-17)16-13(18)11-6-5-10(2)12(15)9-11/h5-6,9,17H,4,7-8H2,1-3H3,(H,16,18). The highest BCUT2D eigenvalue weighted by molar-refractivity contribution is 5.94. The number of carbonyl (C=O) groups is 1. The second-order valence-electron chi connectivity index (χ2n) is 4.81. The molecule has 18 heavy (non-hydrogen) atoms. The SMILES string of the molecule is CCC(C)(CCO)NC(=O)c1ccc(C)c(F)c1. The predicted molar refractivity (Wildman–Crippen MR) is 69.0 cm³/mol. The number of hydrogen-bond donors (Lipinski definition) is 2. The molecule has 2 N–H and O–H groups in total. The smallest absolute Gasteiger partial charge is 0.251 e. The molecule has 0 aliphatic carbocycles. The number of aliphatic hydroxyl groups is 1. The third kappa shape index (κ3) is 3.53. The first-order valence-electron chi connectivity index (χ1n) is 6.11. The number of carbonyl (C=O) groups excluding carboxylic acids is 1. The van der Waals surface area contributed by atoms with Crippen LogP contribution in [0.25, 0.3) is 0 Å². The van der Waals surface area contributed by atoms with Gasteiger partial charge in [-0.3, -0.25) is 4.79 Å². The van der Waals surface area contributed by atoms with Gasteiger partial charge in [0.25, 0.3) is 5.91 Å². The van der Waals surface area contributed by atoms with Crippen molar-refractivity contribution in [3.8, 4) is 0 Å². The van der Waals surface area contributed by atoms with Crippen LogP contribution in [0.5, 0.6) is 0 Å². The first-order valence-corrected chi connectivity index (χ1v) is 6.11. The summed E-state index contributed by atoms with van der Waals surface area (Å²) >= 11 is 0. The van der Waals surface area contributed by atoms with E-state index in [9.17, 15) is 9.18 Å². The third-order valence-corrected chi connectivity index (χ3v) is 3.29. The van der Waals surface area contributed by atoms with Gasteiger partial charge in [0.1, 0.15) is 5.82 Å². The van der Waals surface area contributed by atoms with Gasteiger partial charge >= 0.3 is 0 Å². The van der Waals surface area contributed by atoms with Crippen molar-refractivity contribution in [2.24, 2.45) is 0 Å². The molecule has 100 valence electrons. The molecule has 1 amide bonds. The first kappa shape index (κ1) is 14.6. The van der Waals surface area contributed by atoms with Crippen molar-refractivity contribution in [2.75, 3.05) is 6.61 Å². The second-order valence-corrected chi connectivity index (χ2v) is 4.81. The van der Waals surface area contributed by atoms with E-state index < -0.39 is 5.54 Å². The van der Waals surface area contributed by atoms with Crippen LogP contribution in [-0.2, 0) is 0 Å². The van der Waals surface area contributed by atoms with Gasteiger partial charge in [-0.05, 0) is 44.4 Å². The van der Waals surface area contributed by atoms with Gasteiger partial charge in [0, 0.05) is 17.7 Å². The van der Waals surface area contributed by atoms with E-state index in [0.29, 0.717) is 24.0 Å². The van der Waals surface area contributed by atoms with Gasteiger partial charge in [-0.1, -0.05) is 13.0 Å². The molecule has 0 aromatic heterocycles. The summed E-state index contributed by atoms with van der Waals surface area (Å²) in [6, 6.07) is 4.42. The van der Waals surface area contributed by atoms with Gasteiger partial charge in [-0.15, -0.1) is 0 Å². The molecule has 1 aromatic rings. The molecule has 4 heteroatoms. The number of aryl methyl sites for hydroxylation is 1. The number of hydrogen-bond acceptors (Lipinski definition) is 2. The zero-order valence-corrected chi connectivity index (χ0v) is 11.1. The van der Waals surface area contributed by atoms with Crippen LogP contribution in [0.4, 0.5) is 4.39 Å². The Bertz CT molecular complexity index is 434. The average Bonchev–Trinajstić information content (AvgIpc) is 2.32. The molecule has 1 rings (SSSR count). The first-order chi connectivity index (χ1) is 8.41. The highest BCUT2D eigenvalue weighted by Crippen LogP contribution is 2.16. The fourth-order valence-electron chi connectivity index (χ4n) is 1.65. The van der Waals surface area contributed by atoms with E-state index in [1.807, 2.05) is 13.8 Å². The Balaban J connectivity index is 2.84. The number of nitrogens with one attached hydrogen (secondary N) is 1. The minimum absolute atomic E-state index is 0.00682. The second kappa shape index (κ2) is 5.96. The highest BCUT2D eigenvalue weighted by atomic mass is 19.1. The van der Waals surface area contributed by atoms with Crippen molar-refractivity contribution in [1.29, 1.82) is 0 Å². The predicted octanol–water partition coefficient (Wildman–Crippen LogP) is 2.42. The topological polar surface area (TPSA) is 49.3 Å². The summed E-state index contributed by atoms with van der Waals surface area (Å²) in [5.41, 5.74) is 0.351. The van der Waals surface area contributed by atoms with Crippen molar-refractivity contribution in [3.05, 3.63) is 35.1 Å². The molecule has 0 aliphatic rings. The van der Waals surface area contributed by atoms with Crippen LogP contribution in [0.2, 0.25) is 0 Å². The van der Waals surface area contributed by atoms with Gasteiger partial charge in [-0.25, -0.2) is 4.39 Å². The van der Waals surface area contributed by atoms with Crippen molar-refractivity contribution in [2.45, 2.75) is 39.2 Å². The number of benzene rings is 1. The Morgan fingerprint density at radius 2 is 2.17 bits per heavy atom. The van der Waals surface area contributed by atoms with Crippen molar-refractivity contribution >= 4 is 5.91 Å². The van der Waals surface area contributed by atoms with E-state index >= 15 is 0 Å². The zero-order chi connectivity index (χ0) is 13.8. The van der Waals surface area contributed by atoms with Crippen LogP contribution in [0.15, 0.2) is 18.2 Å². The molecular formula is C14H20FNO2. The summed E-state index contributed by atoms with van der Waals surface area (Å²) in [6.45, 7) is 5.46. The van der Waals surface area contributed by atoms with Crippen molar-refractivity contribution in [3.63, 3.8) is 0 Å². The minimum Gasteiger partial charge on any atom is -0.396 e. The molecule has 0 saturated heterocycles. The van der Waals surface area contributed by atoms with Crippen molar-refractivity contribution in [1.82, 2.24) is 5.32 Å². The largest absolute Gasteiger partial charge is 0.396 e. The summed E-state index contributed by atoms with van der Waals surface area (Å²) in [5.74, 6) is -0.699. The van der Waals surface area contributed by atoms with Crippen molar-refractivity contribution < 1.29 is 14.3 Å². The average molecular weight is 253 g/mol. The molecule has 0 bridgehead atoms. The summed E-state index contributed by atoms with van der Waals surface area (Å²) in [6.07, 6.45) is 1.18. The monoisotopic (exact) mass is 253 g/mol. The van der Waals surface area contributed by atoms with Crippen LogP contribution in [0.1, 0.15) is 42.6 Å². The quantitative estimate of drug-likeness (QED) is 0.846. The Labute approximate surface area is 107 Å². The molecule has 3 nitrogen and oxygen atoms in total. The van der Waals surface area contributed by atoms with Gasteiger partial charge in [-0.2, -0.15) is 0 Å². The Morgan fingerprint density at radius 3 is 2.67 bits per heavy atom. The van der Waals surface area contributed by atoms with E-state index in [0.717, 1.165) is 0 Å². The van der Waals surface area contributed by atoms with Gasteiger partial charge in [0.15, 0.2) is 0 Å². The molecular weight excluding hydrogens is 233 g/mol. The maximum absolute atomic E-state index is 13.4. The number of halogens is 1. The molecule has 1 aromatic carbocycles. The van der Waals surface area contributed by atoms with E-state index in [1.54, 1.807) is 19.1 Å². The Morgan fingerprint density at radius 1 is 1.50 bits per heavy atom. The summed E-state index contributed by atoms with van der Waals surface area (Å²) in [5, 5.41) is 11.8. The summed E-state index contributed by atoms with van der Waals surface area (Å²) < 4.78 is 13.4. The van der Waals surface area contributed by atoms with Crippen LogP contribution >= 0.6 is 0 Å². The fraction of sp³-hybridized carbons (Fsp3) is 0.500. The highest BCUT2D eigenvalue weighted by Gasteiger charge is 2.24. The maximum atomic E-state index is 13.4. The summed E-state index contributed by atoms with van der Waals surface area (Å²) in [4.78, 5) is 12.0. The van der Waals surface area contributed by atoms with E-state index in [2.05, 4.69) is 5.32 Å². The lowest BCUT2D eigenvalue weighted by molar-refractivity contribution is 0.0885. The molecule has 1 atom stereocenters. The van der Waals surface area contributed by atoms with Crippen LogP contribution in [-0.4, -0.2) is 23.2 Å². The van der Waals surface area contributed by atoms with Gasteiger partial charge < -0.3 is 10.4 Å². The third-order valence-electron chi connectivity index (χ3n) is 3.29. The van der Waals surface area contributed by atoms with Crippen LogP contribution in [0, 0.1) is 12.7 Å². The molecule has 0 heterocycles. The Kier molecular flexibility index (Phi) is 4.84. The molecule has 0 spiro atoms. The van der Waals surface area contributed by atoms with E-state index in [-0.39, 0.29) is 18.3 Å². The lowest BCUT2D eigenvalue weighted by atomic mass is 9.94. The van der Waals surface area contributed by atoms with Gasteiger partial charge in [0.05, 0.1) is 0 Å². The number of rotatable bonds is 5. The van der Waals surface area contributed by atoms with E-state index in [1.165, 1.54) is 6.07 Å². The lowest BCUT2D eigenvalue weighted by Crippen LogP contribution is -2.46.